The van der Waals surface area contributed by atoms with Crippen molar-refractivity contribution in [2.45, 2.75) is 18.9 Å². The van der Waals surface area contributed by atoms with Crippen LogP contribution in [0.15, 0.2) is 73.1 Å². The smallest absolute Gasteiger partial charge is 0.228 e. The SMILES string of the molecule is O=C1CC(C(=O)NCc2ccc(-n3cnc4ccccc43)cc2Cl)c2ccccc2N1. The number of para-hydroxylation sites is 3. The molecule has 154 valence electrons. The summed E-state index contributed by atoms with van der Waals surface area (Å²) in [4.78, 5) is 29.3. The van der Waals surface area contributed by atoms with Crippen LogP contribution < -0.4 is 10.6 Å². The summed E-state index contributed by atoms with van der Waals surface area (Å²) in [5.74, 6) is -0.864. The van der Waals surface area contributed by atoms with Crippen LogP contribution in [0.3, 0.4) is 0 Å². The van der Waals surface area contributed by atoms with Crippen molar-refractivity contribution in [3.05, 3.63) is 89.2 Å². The number of hydrogen-bond donors (Lipinski definition) is 2. The Balaban J connectivity index is 1.33. The van der Waals surface area contributed by atoms with Gasteiger partial charge in [0.25, 0.3) is 0 Å². The third-order valence-electron chi connectivity index (χ3n) is 5.54. The lowest BCUT2D eigenvalue weighted by atomic mass is 9.90. The van der Waals surface area contributed by atoms with Crippen molar-refractivity contribution in [3.63, 3.8) is 0 Å². The molecule has 0 saturated heterocycles. The highest BCUT2D eigenvalue weighted by molar-refractivity contribution is 6.31. The number of anilines is 1. The van der Waals surface area contributed by atoms with Gasteiger partial charge in [-0.3, -0.25) is 14.2 Å². The first-order valence-corrected chi connectivity index (χ1v) is 10.4. The number of imidazole rings is 1. The van der Waals surface area contributed by atoms with E-state index in [1.54, 1.807) is 6.33 Å². The van der Waals surface area contributed by atoms with Crippen molar-refractivity contribution in [2.24, 2.45) is 0 Å². The quantitative estimate of drug-likeness (QED) is 0.503. The summed E-state index contributed by atoms with van der Waals surface area (Å²) in [6.07, 6.45) is 1.90. The molecule has 0 aliphatic carbocycles. The molecule has 0 spiro atoms. The van der Waals surface area contributed by atoms with Gasteiger partial charge in [0.15, 0.2) is 0 Å². The van der Waals surface area contributed by atoms with E-state index in [4.69, 9.17) is 11.6 Å². The lowest BCUT2D eigenvalue weighted by Gasteiger charge is -2.24. The van der Waals surface area contributed by atoms with E-state index < -0.39 is 5.92 Å². The standard InChI is InChI=1S/C24H19ClN4O2/c25-19-11-16(29-14-27-21-7-3-4-8-22(21)29)10-9-15(19)13-26-24(31)18-12-23(30)28-20-6-2-1-5-17(18)20/h1-11,14,18H,12-13H2,(H,26,31)(H,28,30). The minimum Gasteiger partial charge on any atom is -0.351 e. The number of benzene rings is 3. The maximum Gasteiger partial charge on any atom is 0.228 e. The number of hydrogen-bond acceptors (Lipinski definition) is 3. The molecule has 2 heterocycles. The van der Waals surface area contributed by atoms with Gasteiger partial charge < -0.3 is 10.6 Å². The fraction of sp³-hybridized carbons (Fsp3) is 0.125. The fourth-order valence-corrected chi connectivity index (χ4v) is 4.19. The van der Waals surface area contributed by atoms with Gasteiger partial charge in [-0.25, -0.2) is 4.98 Å². The lowest BCUT2D eigenvalue weighted by Crippen LogP contribution is -2.34. The molecule has 0 fully saturated rings. The Hall–Kier alpha value is -3.64. The summed E-state index contributed by atoms with van der Waals surface area (Å²) < 4.78 is 1.97. The molecular weight excluding hydrogens is 412 g/mol. The summed E-state index contributed by atoms with van der Waals surface area (Å²) in [5.41, 5.74) is 5.12. The van der Waals surface area contributed by atoms with Crippen LogP contribution in [0, 0.1) is 0 Å². The van der Waals surface area contributed by atoms with E-state index in [9.17, 15) is 9.59 Å². The van der Waals surface area contributed by atoms with E-state index in [2.05, 4.69) is 15.6 Å². The zero-order valence-corrected chi connectivity index (χ0v) is 17.3. The third-order valence-corrected chi connectivity index (χ3v) is 5.89. The number of halogens is 1. The normalized spacial score (nSPS) is 15.4. The Labute approximate surface area is 183 Å². The highest BCUT2D eigenvalue weighted by Gasteiger charge is 2.30. The molecule has 1 unspecified atom stereocenters. The Bertz CT molecular complexity index is 1310. The molecule has 31 heavy (non-hydrogen) atoms. The van der Waals surface area contributed by atoms with Gasteiger partial charge in [-0.1, -0.05) is 48.0 Å². The van der Waals surface area contributed by atoms with Gasteiger partial charge in [0.05, 0.1) is 17.0 Å². The average Bonchev–Trinajstić information content (AvgIpc) is 3.21. The number of fused-ring (bicyclic) bond motifs is 2. The summed E-state index contributed by atoms with van der Waals surface area (Å²) in [6.45, 7) is 0.281. The van der Waals surface area contributed by atoms with Crippen molar-refractivity contribution < 1.29 is 9.59 Å². The van der Waals surface area contributed by atoms with Crippen molar-refractivity contribution in [2.75, 3.05) is 5.32 Å². The first-order valence-electron chi connectivity index (χ1n) is 9.97. The van der Waals surface area contributed by atoms with E-state index >= 15 is 0 Å². The highest BCUT2D eigenvalue weighted by atomic mass is 35.5. The number of carbonyl (C=O) groups excluding carboxylic acids is 2. The van der Waals surface area contributed by atoms with Gasteiger partial charge >= 0.3 is 0 Å². The Morgan fingerprint density at radius 3 is 2.81 bits per heavy atom. The van der Waals surface area contributed by atoms with Gasteiger partial charge in [0.2, 0.25) is 11.8 Å². The number of rotatable bonds is 4. The van der Waals surface area contributed by atoms with Crippen LogP contribution in [0.4, 0.5) is 5.69 Å². The van der Waals surface area contributed by atoms with Crippen molar-refractivity contribution in [1.82, 2.24) is 14.9 Å². The second-order valence-corrected chi connectivity index (χ2v) is 7.90. The van der Waals surface area contributed by atoms with Crippen LogP contribution in [0.5, 0.6) is 0 Å². The minimum absolute atomic E-state index is 0.128. The molecule has 4 aromatic rings. The molecule has 0 saturated carbocycles. The van der Waals surface area contributed by atoms with Crippen molar-refractivity contribution in [1.29, 1.82) is 0 Å². The van der Waals surface area contributed by atoms with Crippen LogP contribution in [0.1, 0.15) is 23.5 Å². The van der Waals surface area contributed by atoms with Gasteiger partial charge in [-0.05, 0) is 41.5 Å². The Morgan fingerprint density at radius 2 is 1.94 bits per heavy atom. The Morgan fingerprint density at radius 1 is 1.13 bits per heavy atom. The Kier molecular flexibility index (Phi) is 4.92. The van der Waals surface area contributed by atoms with E-state index in [0.717, 1.165) is 27.8 Å². The molecule has 7 heteroatoms. The maximum absolute atomic E-state index is 12.8. The van der Waals surface area contributed by atoms with Crippen LogP contribution in [0.2, 0.25) is 5.02 Å². The fourth-order valence-electron chi connectivity index (χ4n) is 3.95. The number of amides is 2. The third kappa shape index (κ3) is 3.66. The summed E-state index contributed by atoms with van der Waals surface area (Å²) in [6, 6.07) is 21.0. The van der Waals surface area contributed by atoms with Gasteiger partial charge in [-0.15, -0.1) is 0 Å². The van der Waals surface area contributed by atoms with E-state index in [1.165, 1.54) is 0 Å². The highest BCUT2D eigenvalue weighted by Crippen LogP contribution is 2.32. The first kappa shape index (κ1) is 19.3. The molecule has 1 aliphatic heterocycles. The molecule has 5 rings (SSSR count). The molecule has 6 nitrogen and oxygen atoms in total. The van der Waals surface area contributed by atoms with Gasteiger partial charge in [0, 0.05) is 29.4 Å². The minimum atomic E-state index is -0.514. The zero-order valence-electron chi connectivity index (χ0n) is 16.5. The summed E-state index contributed by atoms with van der Waals surface area (Å²) in [5, 5.41) is 6.30. The van der Waals surface area contributed by atoms with Crippen LogP contribution in [-0.2, 0) is 16.1 Å². The monoisotopic (exact) mass is 430 g/mol. The lowest BCUT2D eigenvalue weighted by molar-refractivity contribution is -0.126. The molecular formula is C24H19ClN4O2. The second kappa shape index (κ2) is 7.89. The molecule has 2 N–H and O–H groups in total. The number of carbonyl (C=O) groups is 2. The second-order valence-electron chi connectivity index (χ2n) is 7.49. The summed E-state index contributed by atoms with van der Waals surface area (Å²) in [7, 11) is 0. The number of aromatic nitrogens is 2. The van der Waals surface area contributed by atoms with E-state index in [1.807, 2.05) is 71.3 Å². The largest absolute Gasteiger partial charge is 0.351 e. The maximum atomic E-state index is 12.8. The molecule has 0 radical (unpaired) electrons. The topological polar surface area (TPSA) is 76.0 Å². The summed E-state index contributed by atoms with van der Waals surface area (Å²) >= 11 is 6.52. The van der Waals surface area contributed by atoms with E-state index in [0.29, 0.717) is 10.7 Å². The molecule has 1 atom stereocenters. The number of nitrogens with one attached hydrogen (secondary N) is 2. The molecule has 2 amide bonds. The molecule has 0 bridgehead atoms. The predicted octanol–water partition coefficient (Wildman–Crippen LogP) is 4.42. The van der Waals surface area contributed by atoms with Crippen molar-refractivity contribution >= 4 is 40.1 Å². The first-order chi connectivity index (χ1) is 15.1. The van der Waals surface area contributed by atoms with Crippen LogP contribution >= 0.6 is 11.6 Å². The molecule has 1 aromatic heterocycles. The van der Waals surface area contributed by atoms with E-state index in [-0.39, 0.29) is 24.8 Å². The molecule has 3 aromatic carbocycles. The number of nitrogens with zero attached hydrogens (tertiary/aromatic N) is 2. The van der Waals surface area contributed by atoms with Crippen molar-refractivity contribution in [3.8, 4) is 5.69 Å². The average molecular weight is 431 g/mol. The van der Waals surface area contributed by atoms with Gasteiger partial charge in [0.1, 0.15) is 6.33 Å². The predicted molar refractivity (Wildman–Crippen MR) is 120 cm³/mol. The zero-order chi connectivity index (χ0) is 21.4. The van der Waals surface area contributed by atoms with Crippen LogP contribution in [-0.4, -0.2) is 21.4 Å². The van der Waals surface area contributed by atoms with Gasteiger partial charge in [-0.2, -0.15) is 0 Å². The van der Waals surface area contributed by atoms with Crippen LogP contribution in [0.25, 0.3) is 16.7 Å². The molecule has 1 aliphatic rings.